The van der Waals surface area contributed by atoms with Gasteiger partial charge in [0.05, 0.1) is 6.54 Å². The molecule has 0 saturated heterocycles. The molecule has 100 valence electrons. The first-order chi connectivity index (χ1) is 9.22. The van der Waals surface area contributed by atoms with E-state index >= 15 is 0 Å². The molecule has 2 heterocycles. The molecule has 5 nitrogen and oxygen atoms in total. The Hall–Kier alpha value is -1.79. The lowest BCUT2D eigenvalue weighted by atomic mass is 10.1. The number of rotatable bonds is 3. The van der Waals surface area contributed by atoms with E-state index in [0.29, 0.717) is 0 Å². The Morgan fingerprint density at radius 1 is 1.26 bits per heavy atom. The lowest BCUT2D eigenvalue weighted by Crippen LogP contribution is -2.38. The van der Waals surface area contributed by atoms with Crippen molar-refractivity contribution < 1.29 is 4.39 Å². The molecule has 0 fully saturated rings. The molecule has 0 bridgehead atoms. The third-order valence-electron chi connectivity index (χ3n) is 3.47. The molecule has 1 aliphatic rings. The molecule has 1 aromatic carbocycles. The summed E-state index contributed by atoms with van der Waals surface area (Å²) in [6.45, 7) is 3.31. The van der Waals surface area contributed by atoms with Gasteiger partial charge in [0.15, 0.2) is 0 Å². The zero-order valence-electron chi connectivity index (χ0n) is 10.5. The predicted octanol–water partition coefficient (Wildman–Crippen LogP) is 0.933. The average Bonchev–Trinajstić information content (AvgIpc) is 2.87. The predicted molar refractivity (Wildman–Crippen MR) is 68.6 cm³/mol. The number of hydrogen-bond acceptors (Lipinski definition) is 4. The van der Waals surface area contributed by atoms with E-state index < -0.39 is 0 Å². The van der Waals surface area contributed by atoms with Gasteiger partial charge in [0.2, 0.25) is 0 Å². The fourth-order valence-electron chi connectivity index (χ4n) is 2.37. The summed E-state index contributed by atoms with van der Waals surface area (Å²) in [7, 11) is 0. The summed E-state index contributed by atoms with van der Waals surface area (Å²) in [4.78, 5) is 2.25. The van der Waals surface area contributed by atoms with E-state index in [-0.39, 0.29) is 11.9 Å². The van der Waals surface area contributed by atoms with Gasteiger partial charge in [0, 0.05) is 25.7 Å². The Kier molecular flexibility index (Phi) is 3.27. The van der Waals surface area contributed by atoms with Crippen LogP contribution in [0.1, 0.15) is 17.4 Å². The van der Waals surface area contributed by atoms with Gasteiger partial charge in [-0.05, 0) is 17.7 Å². The highest BCUT2D eigenvalue weighted by Crippen LogP contribution is 2.16. The van der Waals surface area contributed by atoms with Crippen molar-refractivity contribution in [1.82, 2.24) is 19.7 Å². The minimum atomic E-state index is -0.234. The summed E-state index contributed by atoms with van der Waals surface area (Å²) in [5, 5.41) is 7.98. The second kappa shape index (κ2) is 5.07. The third-order valence-corrected chi connectivity index (χ3v) is 3.47. The van der Waals surface area contributed by atoms with Crippen molar-refractivity contribution in [3.8, 4) is 0 Å². The molecule has 1 aromatic heterocycles. The first-order valence-electron chi connectivity index (χ1n) is 6.32. The van der Waals surface area contributed by atoms with Crippen LogP contribution in [0.2, 0.25) is 0 Å². The van der Waals surface area contributed by atoms with Crippen molar-refractivity contribution in [2.24, 2.45) is 5.73 Å². The number of nitrogens with two attached hydrogens (primary N) is 1. The topological polar surface area (TPSA) is 60.0 Å². The maximum absolute atomic E-state index is 12.9. The first kappa shape index (κ1) is 12.3. The van der Waals surface area contributed by atoms with Crippen LogP contribution in [0.25, 0.3) is 0 Å². The second-order valence-corrected chi connectivity index (χ2v) is 4.83. The molecule has 1 unspecified atom stereocenters. The van der Waals surface area contributed by atoms with E-state index in [2.05, 4.69) is 19.7 Å². The fourth-order valence-corrected chi connectivity index (χ4v) is 2.37. The molecule has 0 radical (unpaired) electrons. The van der Waals surface area contributed by atoms with Gasteiger partial charge in [0.1, 0.15) is 18.0 Å². The van der Waals surface area contributed by atoms with E-state index in [4.69, 9.17) is 5.73 Å². The SMILES string of the molecule is NC(CN1CCn2cnnc2C1)c1ccc(F)cc1. The van der Waals surface area contributed by atoms with Crippen LogP contribution < -0.4 is 5.73 Å². The van der Waals surface area contributed by atoms with Crippen LogP contribution in [-0.4, -0.2) is 32.8 Å². The molecule has 2 N–H and O–H groups in total. The molecule has 1 atom stereocenters. The third kappa shape index (κ3) is 2.64. The Labute approximate surface area is 110 Å². The van der Waals surface area contributed by atoms with Gasteiger partial charge in [-0.3, -0.25) is 4.90 Å². The quantitative estimate of drug-likeness (QED) is 0.893. The maximum Gasteiger partial charge on any atom is 0.147 e. The zero-order chi connectivity index (χ0) is 13.2. The van der Waals surface area contributed by atoms with Crippen molar-refractivity contribution >= 4 is 0 Å². The van der Waals surface area contributed by atoms with Crippen LogP contribution in [0.4, 0.5) is 4.39 Å². The van der Waals surface area contributed by atoms with Gasteiger partial charge >= 0.3 is 0 Å². The highest BCUT2D eigenvalue weighted by atomic mass is 19.1. The minimum absolute atomic E-state index is 0.116. The fraction of sp³-hybridized carbons (Fsp3) is 0.385. The molecule has 0 amide bonds. The lowest BCUT2D eigenvalue weighted by molar-refractivity contribution is 0.205. The molecule has 3 rings (SSSR count). The van der Waals surface area contributed by atoms with Crippen molar-refractivity contribution in [2.45, 2.75) is 19.1 Å². The van der Waals surface area contributed by atoms with Crippen molar-refractivity contribution in [2.75, 3.05) is 13.1 Å². The summed E-state index contributed by atoms with van der Waals surface area (Å²) in [5.74, 6) is 0.736. The highest BCUT2D eigenvalue weighted by molar-refractivity contribution is 5.19. The normalized spacial score (nSPS) is 17.2. The van der Waals surface area contributed by atoms with Gasteiger partial charge in [0.25, 0.3) is 0 Å². The smallest absolute Gasteiger partial charge is 0.147 e. The summed E-state index contributed by atoms with van der Waals surface area (Å²) in [6, 6.07) is 6.26. The van der Waals surface area contributed by atoms with Gasteiger partial charge in [-0.25, -0.2) is 4.39 Å². The number of benzene rings is 1. The van der Waals surface area contributed by atoms with E-state index in [1.807, 2.05) is 0 Å². The van der Waals surface area contributed by atoms with Crippen LogP contribution in [0.5, 0.6) is 0 Å². The Balaban J connectivity index is 1.64. The Bertz CT molecular complexity index is 550. The molecule has 0 aliphatic carbocycles. The van der Waals surface area contributed by atoms with Crippen molar-refractivity contribution in [3.05, 3.63) is 47.8 Å². The van der Waals surface area contributed by atoms with E-state index in [9.17, 15) is 4.39 Å². The van der Waals surface area contributed by atoms with Gasteiger partial charge < -0.3 is 10.3 Å². The summed E-state index contributed by atoms with van der Waals surface area (Å²) >= 11 is 0. The number of fused-ring (bicyclic) bond motifs is 1. The Morgan fingerprint density at radius 2 is 2.05 bits per heavy atom. The molecule has 1 aliphatic heterocycles. The van der Waals surface area contributed by atoms with E-state index in [0.717, 1.165) is 37.6 Å². The van der Waals surface area contributed by atoms with Crippen LogP contribution in [0, 0.1) is 5.82 Å². The van der Waals surface area contributed by atoms with Crippen LogP contribution in [-0.2, 0) is 13.1 Å². The van der Waals surface area contributed by atoms with E-state index in [1.165, 1.54) is 12.1 Å². The number of halogens is 1. The zero-order valence-corrected chi connectivity index (χ0v) is 10.5. The van der Waals surface area contributed by atoms with Crippen LogP contribution >= 0.6 is 0 Å². The Morgan fingerprint density at radius 3 is 2.84 bits per heavy atom. The number of nitrogens with zero attached hydrogens (tertiary/aromatic N) is 4. The van der Waals surface area contributed by atoms with Gasteiger partial charge in [-0.1, -0.05) is 12.1 Å². The van der Waals surface area contributed by atoms with Crippen molar-refractivity contribution in [3.63, 3.8) is 0 Å². The van der Waals surface area contributed by atoms with E-state index in [1.54, 1.807) is 18.5 Å². The first-order valence-corrected chi connectivity index (χ1v) is 6.32. The maximum atomic E-state index is 12.9. The lowest BCUT2D eigenvalue weighted by Gasteiger charge is -2.29. The second-order valence-electron chi connectivity index (χ2n) is 4.83. The average molecular weight is 261 g/mol. The molecule has 19 heavy (non-hydrogen) atoms. The van der Waals surface area contributed by atoms with Crippen LogP contribution in [0.3, 0.4) is 0 Å². The summed E-state index contributed by atoms with van der Waals surface area (Å²) in [5.41, 5.74) is 7.12. The minimum Gasteiger partial charge on any atom is -0.323 e. The number of aromatic nitrogens is 3. The summed E-state index contributed by atoms with van der Waals surface area (Å²) in [6.07, 6.45) is 1.76. The molecule has 0 saturated carbocycles. The monoisotopic (exact) mass is 261 g/mol. The van der Waals surface area contributed by atoms with Gasteiger partial charge in [-0.2, -0.15) is 0 Å². The van der Waals surface area contributed by atoms with Crippen molar-refractivity contribution in [1.29, 1.82) is 0 Å². The van der Waals surface area contributed by atoms with Gasteiger partial charge in [-0.15, -0.1) is 10.2 Å². The molecule has 6 heteroatoms. The molecular weight excluding hydrogens is 245 g/mol. The molecule has 2 aromatic rings. The summed E-state index contributed by atoms with van der Waals surface area (Å²) < 4.78 is 14.9. The standard InChI is InChI=1S/C13H16FN5/c14-11-3-1-10(2-4-11)12(15)7-18-5-6-19-9-16-17-13(19)8-18/h1-4,9,12H,5-8,15H2. The molecule has 0 spiro atoms. The van der Waals surface area contributed by atoms with Crippen LogP contribution in [0.15, 0.2) is 30.6 Å². The highest BCUT2D eigenvalue weighted by Gasteiger charge is 2.19. The largest absolute Gasteiger partial charge is 0.323 e. The number of hydrogen-bond donors (Lipinski definition) is 1. The molecular formula is C13H16FN5.